The SMILES string of the molecule is COc1ccccc1CC(=O)N=C1S[C@@H]2CS(=O)(=O)C[C@@H]2N1c1ccc(OC(F)(F)F)cc1. The van der Waals surface area contributed by atoms with Crippen molar-refractivity contribution in [2.45, 2.75) is 24.1 Å². The van der Waals surface area contributed by atoms with E-state index in [0.717, 1.165) is 12.1 Å². The summed E-state index contributed by atoms with van der Waals surface area (Å²) in [5.74, 6) is -0.504. The van der Waals surface area contributed by atoms with Crippen molar-refractivity contribution in [2.75, 3.05) is 23.5 Å². The Bertz CT molecular complexity index is 1180. The molecule has 0 radical (unpaired) electrons. The lowest BCUT2D eigenvalue weighted by Gasteiger charge is -2.24. The number of aliphatic imine (C=N–C) groups is 1. The molecule has 2 aromatic carbocycles. The van der Waals surface area contributed by atoms with Crippen molar-refractivity contribution in [1.29, 1.82) is 0 Å². The smallest absolute Gasteiger partial charge is 0.496 e. The number of amidine groups is 1. The second-order valence-corrected chi connectivity index (χ2v) is 10.8. The normalized spacial score (nSPS) is 22.9. The first-order valence-corrected chi connectivity index (χ1v) is 12.5. The van der Waals surface area contributed by atoms with Crippen LogP contribution in [0.3, 0.4) is 0 Å². The fourth-order valence-corrected chi connectivity index (χ4v) is 7.76. The van der Waals surface area contributed by atoms with Crippen molar-refractivity contribution in [3.05, 3.63) is 54.1 Å². The molecule has 2 aliphatic rings. The van der Waals surface area contributed by atoms with Crippen molar-refractivity contribution in [1.82, 2.24) is 0 Å². The Morgan fingerprint density at radius 3 is 2.52 bits per heavy atom. The maximum atomic E-state index is 12.7. The fraction of sp³-hybridized carbons (Fsp3) is 0.333. The minimum atomic E-state index is -4.83. The van der Waals surface area contributed by atoms with Crippen LogP contribution in [0.15, 0.2) is 53.5 Å². The lowest BCUT2D eigenvalue weighted by molar-refractivity contribution is -0.274. The van der Waals surface area contributed by atoms with Gasteiger partial charge in [-0.25, -0.2) is 8.42 Å². The van der Waals surface area contributed by atoms with Gasteiger partial charge in [0.1, 0.15) is 11.5 Å². The van der Waals surface area contributed by atoms with E-state index in [2.05, 4.69) is 9.73 Å². The first kappa shape index (κ1) is 23.4. The van der Waals surface area contributed by atoms with Crippen LogP contribution < -0.4 is 14.4 Å². The molecule has 2 fully saturated rings. The molecular weight excluding hydrogens is 481 g/mol. The highest BCUT2D eigenvalue weighted by Crippen LogP contribution is 2.41. The Labute approximate surface area is 192 Å². The van der Waals surface area contributed by atoms with Crippen molar-refractivity contribution in [2.24, 2.45) is 4.99 Å². The fourth-order valence-electron chi connectivity index (χ4n) is 3.83. The zero-order chi connectivity index (χ0) is 23.8. The summed E-state index contributed by atoms with van der Waals surface area (Å²) < 4.78 is 70.9. The van der Waals surface area contributed by atoms with Crippen LogP contribution in [0, 0.1) is 0 Å². The Balaban J connectivity index is 1.62. The van der Waals surface area contributed by atoms with Gasteiger partial charge in [-0.1, -0.05) is 30.0 Å². The van der Waals surface area contributed by atoms with Crippen LogP contribution in [-0.4, -0.2) is 55.8 Å². The van der Waals surface area contributed by atoms with Gasteiger partial charge < -0.3 is 14.4 Å². The second kappa shape index (κ2) is 8.90. The molecule has 2 aromatic rings. The number of para-hydroxylation sites is 1. The van der Waals surface area contributed by atoms with Crippen molar-refractivity contribution < 1.29 is 35.9 Å². The van der Waals surface area contributed by atoms with E-state index in [1.807, 2.05) is 0 Å². The van der Waals surface area contributed by atoms with Gasteiger partial charge in [0, 0.05) is 16.5 Å². The number of halogens is 3. The Hall–Kier alpha value is -2.73. The number of alkyl halides is 3. The third kappa shape index (κ3) is 5.44. The number of ether oxygens (including phenoxy) is 2. The summed E-state index contributed by atoms with van der Waals surface area (Å²) in [6.45, 7) is 0. The summed E-state index contributed by atoms with van der Waals surface area (Å²) in [6, 6.07) is 11.6. The molecule has 0 aliphatic carbocycles. The highest BCUT2D eigenvalue weighted by atomic mass is 32.2. The number of carbonyl (C=O) groups excluding carboxylic acids is 1. The quantitative estimate of drug-likeness (QED) is 0.622. The maximum absolute atomic E-state index is 12.7. The number of carbonyl (C=O) groups is 1. The van der Waals surface area contributed by atoms with Crippen LogP contribution in [0.5, 0.6) is 11.5 Å². The number of thioether (sulfide) groups is 1. The molecular formula is C21H19F3N2O5S2. The largest absolute Gasteiger partial charge is 0.573 e. The molecule has 0 unspecified atom stereocenters. The number of hydrogen-bond acceptors (Lipinski definition) is 6. The van der Waals surface area contributed by atoms with E-state index in [-0.39, 0.29) is 23.2 Å². The number of hydrogen-bond donors (Lipinski definition) is 0. The van der Waals surface area contributed by atoms with Gasteiger partial charge in [-0.3, -0.25) is 4.79 Å². The number of amides is 1. The molecule has 2 aliphatic heterocycles. The summed E-state index contributed by atoms with van der Waals surface area (Å²) in [5, 5.41) is -0.0248. The van der Waals surface area contributed by atoms with E-state index in [1.165, 1.54) is 31.0 Å². The second-order valence-electron chi connectivity index (χ2n) is 7.49. The number of anilines is 1. The number of nitrogens with zero attached hydrogens (tertiary/aromatic N) is 2. The monoisotopic (exact) mass is 500 g/mol. The van der Waals surface area contributed by atoms with Gasteiger partial charge in [0.05, 0.1) is 31.1 Å². The molecule has 2 atom stereocenters. The lowest BCUT2D eigenvalue weighted by atomic mass is 10.1. The molecule has 4 rings (SSSR count). The van der Waals surface area contributed by atoms with Gasteiger partial charge in [0.2, 0.25) is 0 Å². The van der Waals surface area contributed by atoms with E-state index >= 15 is 0 Å². The third-order valence-electron chi connectivity index (χ3n) is 5.17. The molecule has 1 amide bonds. The van der Waals surface area contributed by atoms with E-state index in [0.29, 0.717) is 22.2 Å². The van der Waals surface area contributed by atoms with Crippen molar-refractivity contribution >= 4 is 38.4 Å². The average Bonchev–Trinajstić information content (AvgIpc) is 3.18. The van der Waals surface area contributed by atoms with Crippen molar-refractivity contribution in [3.63, 3.8) is 0 Å². The van der Waals surface area contributed by atoms with E-state index in [1.54, 1.807) is 29.2 Å². The highest BCUT2D eigenvalue weighted by molar-refractivity contribution is 8.16. The van der Waals surface area contributed by atoms with Gasteiger partial charge in [-0.15, -0.1) is 13.2 Å². The average molecular weight is 501 g/mol. The highest BCUT2D eigenvalue weighted by Gasteiger charge is 2.49. The lowest BCUT2D eigenvalue weighted by Crippen LogP contribution is -2.37. The molecule has 2 saturated heterocycles. The maximum Gasteiger partial charge on any atom is 0.573 e. The van der Waals surface area contributed by atoms with Gasteiger partial charge in [0.15, 0.2) is 15.0 Å². The van der Waals surface area contributed by atoms with Crippen LogP contribution in [0.25, 0.3) is 0 Å². The molecule has 0 spiro atoms. The van der Waals surface area contributed by atoms with Crippen LogP contribution in [0.4, 0.5) is 18.9 Å². The molecule has 2 heterocycles. The van der Waals surface area contributed by atoms with Crippen LogP contribution in [-0.2, 0) is 21.1 Å². The third-order valence-corrected chi connectivity index (χ3v) is 8.38. The molecule has 0 N–H and O–H groups in total. The first-order chi connectivity index (χ1) is 15.5. The molecule has 0 bridgehead atoms. The van der Waals surface area contributed by atoms with Crippen molar-refractivity contribution in [3.8, 4) is 11.5 Å². The predicted molar refractivity (Wildman–Crippen MR) is 119 cm³/mol. The summed E-state index contributed by atoms with van der Waals surface area (Å²) in [4.78, 5) is 18.6. The summed E-state index contributed by atoms with van der Waals surface area (Å²) >= 11 is 1.18. The van der Waals surface area contributed by atoms with Gasteiger partial charge >= 0.3 is 6.36 Å². The summed E-state index contributed by atoms with van der Waals surface area (Å²) in [6.07, 6.45) is -4.85. The molecule has 33 heavy (non-hydrogen) atoms. The molecule has 12 heteroatoms. The van der Waals surface area contributed by atoms with Crippen LogP contribution >= 0.6 is 11.8 Å². The van der Waals surface area contributed by atoms with E-state index in [9.17, 15) is 26.4 Å². The first-order valence-electron chi connectivity index (χ1n) is 9.80. The van der Waals surface area contributed by atoms with Crippen LogP contribution in [0.1, 0.15) is 5.56 Å². The standard InChI is InChI=1S/C21H19F3N2O5S2/c1-30-17-5-3-2-4-13(17)10-19(27)25-20-26(16-11-33(28,29)12-18(16)32-20)14-6-8-15(9-7-14)31-21(22,23)24/h2-9,16,18H,10-12H2,1H3/t16-,18+/m0/s1. The number of methoxy groups -OCH3 is 1. The summed E-state index contributed by atoms with van der Waals surface area (Å²) in [7, 11) is -1.78. The number of rotatable bonds is 5. The molecule has 176 valence electrons. The van der Waals surface area contributed by atoms with E-state index < -0.39 is 33.9 Å². The Morgan fingerprint density at radius 2 is 1.85 bits per heavy atom. The van der Waals surface area contributed by atoms with Gasteiger partial charge in [-0.2, -0.15) is 4.99 Å². The minimum absolute atomic E-state index is 0.0199. The number of benzene rings is 2. The number of fused-ring (bicyclic) bond motifs is 1. The summed E-state index contributed by atoms with van der Waals surface area (Å²) in [5.41, 5.74) is 1.07. The number of sulfone groups is 1. The van der Waals surface area contributed by atoms with Crippen LogP contribution in [0.2, 0.25) is 0 Å². The molecule has 0 saturated carbocycles. The predicted octanol–water partition coefficient (Wildman–Crippen LogP) is 3.44. The topological polar surface area (TPSA) is 85.3 Å². The Morgan fingerprint density at radius 1 is 1.15 bits per heavy atom. The molecule has 0 aromatic heterocycles. The Kier molecular flexibility index (Phi) is 6.32. The minimum Gasteiger partial charge on any atom is -0.496 e. The zero-order valence-corrected chi connectivity index (χ0v) is 18.9. The van der Waals surface area contributed by atoms with E-state index in [4.69, 9.17) is 4.74 Å². The van der Waals surface area contributed by atoms with Gasteiger partial charge in [0.25, 0.3) is 5.91 Å². The van der Waals surface area contributed by atoms with Gasteiger partial charge in [-0.05, 0) is 30.3 Å². The zero-order valence-electron chi connectivity index (χ0n) is 17.3. The molecule has 7 nitrogen and oxygen atoms in total.